The zero-order valence-corrected chi connectivity index (χ0v) is 5.62. The van der Waals surface area contributed by atoms with E-state index >= 15 is 0 Å². The Morgan fingerprint density at radius 3 is 2.30 bits per heavy atom. The van der Waals surface area contributed by atoms with Crippen LogP contribution in [0, 0.1) is 0 Å². The molecule has 3 amide bonds. The Hall–Kier alpha value is -1.48. The van der Waals surface area contributed by atoms with E-state index in [1.165, 1.54) is 14.0 Å². The van der Waals surface area contributed by atoms with Crippen LogP contribution in [0.1, 0.15) is 6.92 Å². The van der Waals surface area contributed by atoms with Crippen molar-refractivity contribution in [3.63, 3.8) is 0 Å². The monoisotopic (exact) mass is 142 g/mol. The Balaban J connectivity index is 4.21. The molecule has 10 heavy (non-hydrogen) atoms. The molecule has 0 aliphatic heterocycles. The number of carbonyl (C=O) groups excluding carboxylic acids is 3. The molecule has 0 aromatic carbocycles. The number of rotatable bonds is 0. The fraction of sp³-hybridized carbons (Fsp3) is 0.400. The molecule has 0 unspecified atom stereocenters. The molecule has 0 heterocycles. The second kappa shape index (κ2) is 3.53. The van der Waals surface area contributed by atoms with Gasteiger partial charge in [0.2, 0.25) is 12.0 Å². The third-order valence-corrected chi connectivity index (χ3v) is 0.901. The fourth-order valence-corrected chi connectivity index (χ4v) is 0.249. The molecule has 0 aromatic rings. The topological polar surface area (TPSA) is 66.8 Å². The van der Waals surface area contributed by atoms with Crippen LogP contribution >= 0.6 is 0 Å². The van der Waals surface area contributed by atoms with E-state index in [0.717, 1.165) is 6.08 Å². The number of carbonyl (C=O) groups is 2. The smallest absolute Gasteiger partial charge is 0.275 e. The summed E-state index contributed by atoms with van der Waals surface area (Å²) in [5.74, 6) is -0.469. The number of isocyanates is 1. The van der Waals surface area contributed by atoms with Crippen molar-refractivity contribution in [3.8, 4) is 0 Å². The van der Waals surface area contributed by atoms with Crippen molar-refractivity contribution in [1.29, 1.82) is 0 Å². The van der Waals surface area contributed by atoms with Crippen LogP contribution < -0.4 is 0 Å². The zero-order chi connectivity index (χ0) is 8.15. The molecule has 0 rings (SSSR count). The molecule has 54 valence electrons. The highest BCUT2D eigenvalue weighted by atomic mass is 16.2. The summed E-state index contributed by atoms with van der Waals surface area (Å²) in [5.41, 5.74) is 0. The molecule has 0 spiro atoms. The van der Waals surface area contributed by atoms with Crippen molar-refractivity contribution in [2.24, 2.45) is 4.99 Å². The number of hydrogen-bond acceptors (Lipinski definition) is 3. The van der Waals surface area contributed by atoms with Crippen LogP contribution in [0.3, 0.4) is 0 Å². The number of imide groups is 1. The molecular weight excluding hydrogens is 136 g/mol. The molecule has 0 radical (unpaired) electrons. The van der Waals surface area contributed by atoms with Gasteiger partial charge >= 0.3 is 6.03 Å². The van der Waals surface area contributed by atoms with E-state index in [2.05, 4.69) is 4.99 Å². The maximum absolute atomic E-state index is 10.5. The summed E-state index contributed by atoms with van der Waals surface area (Å²) in [7, 11) is 1.23. The number of hydrogen-bond donors (Lipinski definition) is 0. The van der Waals surface area contributed by atoms with Crippen LogP contribution in [0.4, 0.5) is 4.79 Å². The number of nitrogens with zero attached hydrogens (tertiary/aromatic N) is 2. The number of aliphatic imine (C=N–C) groups is 1. The summed E-state index contributed by atoms with van der Waals surface area (Å²) in [6, 6.07) is -0.900. The van der Waals surface area contributed by atoms with Crippen molar-refractivity contribution in [2.45, 2.75) is 6.92 Å². The highest BCUT2D eigenvalue weighted by molar-refractivity contribution is 5.94. The molecular formula is C5H6N2O3. The second-order valence-electron chi connectivity index (χ2n) is 1.56. The van der Waals surface area contributed by atoms with Gasteiger partial charge in [0.15, 0.2) is 0 Å². The van der Waals surface area contributed by atoms with E-state index in [9.17, 15) is 14.4 Å². The van der Waals surface area contributed by atoms with Crippen molar-refractivity contribution >= 4 is 18.0 Å². The van der Waals surface area contributed by atoms with E-state index in [1.54, 1.807) is 0 Å². The fourth-order valence-electron chi connectivity index (χ4n) is 0.249. The van der Waals surface area contributed by atoms with Crippen LogP contribution in [0.25, 0.3) is 0 Å². The molecule has 0 saturated carbocycles. The molecule has 0 aliphatic rings. The minimum atomic E-state index is -0.900. The third kappa shape index (κ3) is 2.19. The normalized spacial score (nSPS) is 7.80. The Labute approximate surface area is 57.3 Å². The molecule has 5 heteroatoms. The summed E-state index contributed by atoms with van der Waals surface area (Å²) in [6.07, 6.45) is 1.03. The SMILES string of the molecule is CC(=O)N(C)C(=O)N=C=O. The first-order chi connectivity index (χ1) is 4.59. The average Bonchev–Trinajstić information content (AvgIpc) is 1.87. The molecule has 0 saturated heterocycles. The van der Waals surface area contributed by atoms with Gasteiger partial charge in [-0.15, -0.1) is 4.99 Å². The summed E-state index contributed by atoms with van der Waals surface area (Å²) in [5, 5.41) is 0. The van der Waals surface area contributed by atoms with Gasteiger partial charge in [0.1, 0.15) is 0 Å². The quantitative estimate of drug-likeness (QED) is 0.351. The second-order valence-corrected chi connectivity index (χ2v) is 1.56. The minimum Gasteiger partial charge on any atom is -0.275 e. The van der Waals surface area contributed by atoms with Crippen LogP contribution in [-0.4, -0.2) is 30.0 Å². The van der Waals surface area contributed by atoms with Crippen molar-refractivity contribution in [3.05, 3.63) is 0 Å². The lowest BCUT2D eigenvalue weighted by Gasteiger charge is -2.05. The number of urea groups is 1. The van der Waals surface area contributed by atoms with Gasteiger partial charge in [-0.3, -0.25) is 9.69 Å². The first-order valence-corrected chi connectivity index (χ1v) is 2.45. The molecule has 0 N–H and O–H groups in total. The van der Waals surface area contributed by atoms with Crippen LogP contribution in [0.2, 0.25) is 0 Å². The lowest BCUT2D eigenvalue weighted by molar-refractivity contribution is -0.124. The molecule has 5 nitrogen and oxygen atoms in total. The van der Waals surface area contributed by atoms with Crippen LogP contribution in [0.5, 0.6) is 0 Å². The Kier molecular flexibility index (Phi) is 3.01. The lowest BCUT2D eigenvalue weighted by atomic mass is 10.6. The van der Waals surface area contributed by atoms with Gasteiger partial charge < -0.3 is 0 Å². The van der Waals surface area contributed by atoms with Crippen molar-refractivity contribution < 1.29 is 14.4 Å². The highest BCUT2D eigenvalue weighted by Gasteiger charge is 2.09. The van der Waals surface area contributed by atoms with E-state index in [1.807, 2.05) is 0 Å². The van der Waals surface area contributed by atoms with Gasteiger partial charge in [-0.05, 0) is 0 Å². The predicted octanol–water partition coefficient (Wildman–Crippen LogP) is -0.0795. The average molecular weight is 142 g/mol. The highest BCUT2D eigenvalue weighted by Crippen LogP contribution is 1.87. The third-order valence-electron chi connectivity index (χ3n) is 0.901. The van der Waals surface area contributed by atoms with Crippen molar-refractivity contribution in [2.75, 3.05) is 7.05 Å². The standard InChI is InChI=1S/C5H6N2O3/c1-4(9)7(2)5(10)6-3-8/h1-2H3. The summed E-state index contributed by atoms with van der Waals surface area (Å²) in [6.45, 7) is 1.19. The predicted molar refractivity (Wildman–Crippen MR) is 32.0 cm³/mol. The van der Waals surface area contributed by atoms with Crippen LogP contribution in [0.15, 0.2) is 4.99 Å². The molecule has 0 aliphatic carbocycles. The largest absolute Gasteiger partial charge is 0.360 e. The Morgan fingerprint density at radius 1 is 1.50 bits per heavy atom. The van der Waals surface area contributed by atoms with Gasteiger partial charge in [0, 0.05) is 14.0 Å². The van der Waals surface area contributed by atoms with Gasteiger partial charge in [-0.1, -0.05) is 0 Å². The Morgan fingerprint density at radius 2 is 2.00 bits per heavy atom. The Bertz CT molecular complexity index is 205. The zero-order valence-electron chi connectivity index (χ0n) is 5.62. The summed E-state index contributed by atoms with van der Waals surface area (Å²) < 4.78 is 0. The molecule has 0 aromatic heterocycles. The summed E-state index contributed by atoms with van der Waals surface area (Å²) >= 11 is 0. The van der Waals surface area contributed by atoms with Gasteiger partial charge in [0.25, 0.3) is 0 Å². The van der Waals surface area contributed by atoms with Crippen molar-refractivity contribution in [1.82, 2.24) is 4.90 Å². The summed E-state index contributed by atoms with van der Waals surface area (Å²) in [4.78, 5) is 33.7. The van der Waals surface area contributed by atoms with E-state index in [4.69, 9.17) is 0 Å². The van der Waals surface area contributed by atoms with Gasteiger partial charge in [-0.25, -0.2) is 9.59 Å². The minimum absolute atomic E-state index is 0.469. The van der Waals surface area contributed by atoms with E-state index in [-0.39, 0.29) is 0 Å². The maximum Gasteiger partial charge on any atom is 0.360 e. The molecule has 0 fully saturated rings. The van der Waals surface area contributed by atoms with Gasteiger partial charge in [0.05, 0.1) is 0 Å². The lowest BCUT2D eigenvalue weighted by Crippen LogP contribution is -2.28. The number of amides is 3. The molecule has 0 atom stereocenters. The van der Waals surface area contributed by atoms with E-state index in [0.29, 0.717) is 4.90 Å². The first-order valence-electron chi connectivity index (χ1n) is 2.45. The molecule has 0 bridgehead atoms. The maximum atomic E-state index is 10.5. The van der Waals surface area contributed by atoms with Gasteiger partial charge in [-0.2, -0.15) is 0 Å². The van der Waals surface area contributed by atoms with E-state index < -0.39 is 11.9 Å². The first kappa shape index (κ1) is 8.52. The van der Waals surface area contributed by atoms with Crippen LogP contribution in [-0.2, 0) is 9.59 Å².